The molecule has 2 heterocycles. The first-order valence-corrected chi connectivity index (χ1v) is 11.5. The highest BCUT2D eigenvalue weighted by atomic mass is 32.1. The first-order valence-electron chi connectivity index (χ1n) is 10.7. The van der Waals surface area contributed by atoms with E-state index in [9.17, 15) is 9.59 Å². The van der Waals surface area contributed by atoms with Crippen LogP contribution in [0.15, 0.2) is 30.3 Å². The number of carbonyl (C=O) groups is 2. The van der Waals surface area contributed by atoms with Gasteiger partial charge in [-0.15, -0.1) is 11.3 Å². The third-order valence-electron chi connectivity index (χ3n) is 5.01. The van der Waals surface area contributed by atoms with E-state index in [-0.39, 0.29) is 12.0 Å². The normalized spacial score (nSPS) is 15.0. The average Bonchev–Trinajstić information content (AvgIpc) is 3.08. The molecule has 1 aliphatic heterocycles. The third kappa shape index (κ3) is 7.04. The highest BCUT2D eigenvalue weighted by molar-refractivity contribution is 7.15. The fourth-order valence-electron chi connectivity index (χ4n) is 3.34. The topological polar surface area (TPSA) is 74.8 Å². The van der Waals surface area contributed by atoms with Crippen molar-refractivity contribution in [1.82, 2.24) is 20.1 Å². The van der Waals surface area contributed by atoms with Gasteiger partial charge in [-0.2, -0.15) is 0 Å². The van der Waals surface area contributed by atoms with Crippen LogP contribution < -0.4 is 5.32 Å². The van der Waals surface area contributed by atoms with Gasteiger partial charge in [0.25, 0.3) is 0 Å². The predicted molar refractivity (Wildman–Crippen MR) is 123 cm³/mol. The van der Waals surface area contributed by atoms with Gasteiger partial charge in [0.1, 0.15) is 10.6 Å². The molecule has 3 rings (SSSR count). The number of amides is 2. The summed E-state index contributed by atoms with van der Waals surface area (Å²) in [6.07, 6.45) is 0.0956. The Labute approximate surface area is 188 Å². The van der Waals surface area contributed by atoms with Gasteiger partial charge in [0.2, 0.25) is 5.91 Å². The van der Waals surface area contributed by atoms with Gasteiger partial charge in [-0.25, -0.2) is 9.78 Å². The van der Waals surface area contributed by atoms with E-state index in [0.717, 1.165) is 40.8 Å². The second-order valence-electron chi connectivity index (χ2n) is 8.73. The van der Waals surface area contributed by atoms with Crippen LogP contribution in [0, 0.1) is 6.92 Å². The lowest BCUT2D eigenvalue weighted by Crippen LogP contribution is -2.51. The van der Waals surface area contributed by atoms with E-state index in [1.807, 2.05) is 58.0 Å². The number of aryl methyl sites for hydroxylation is 1. The number of thiazole rings is 1. The Balaban J connectivity index is 1.39. The Morgan fingerprint density at radius 3 is 2.45 bits per heavy atom. The number of nitrogens with zero attached hydrogens (tertiary/aromatic N) is 3. The number of hydrogen-bond acceptors (Lipinski definition) is 6. The predicted octanol–water partition coefficient (Wildman–Crippen LogP) is 3.33. The Bertz CT molecular complexity index is 884. The van der Waals surface area contributed by atoms with E-state index in [1.54, 1.807) is 16.2 Å². The number of aromatic nitrogens is 1. The fraction of sp³-hybridized carbons (Fsp3) is 0.522. The van der Waals surface area contributed by atoms with Crippen LogP contribution in [0.5, 0.6) is 0 Å². The molecule has 168 valence electrons. The molecule has 7 nitrogen and oxygen atoms in total. The molecule has 31 heavy (non-hydrogen) atoms. The molecule has 8 heteroatoms. The molecule has 0 bridgehead atoms. The Kier molecular flexibility index (Phi) is 7.67. The maximum Gasteiger partial charge on any atom is 0.410 e. The maximum atomic E-state index is 12.4. The lowest BCUT2D eigenvalue weighted by atomic mass is 10.2. The number of nitrogens with one attached hydrogen (secondary N) is 1. The maximum absolute atomic E-state index is 12.4. The van der Waals surface area contributed by atoms with E-state index in [1.165, 1.54) is 0 Å². The van der Waals surface area contributed by atoms with Gasteiger partial charge < -0.3 is 15.0 Å². The van der Waals surface area contributed by atoms with Crippen LogP contribution in [-0.2, 0) is 16.0 Å². The van der Waals surface area contributed by atoms with Crippen LogP contribution in [0.2, 0.25) is 0 Å². The van der Waals surface area contributed by atoms with Gasteiger partial charge in [0, 0.05) is 49.7 Å². The Hall–Kier alpha value is -2.45. The van der Waals surface area contributed by atoms with Crippen molar-refractivity contribution in [3.8, 4) is 10.6 Å². The summed E-state index contributed by atoms with van der Waals surface area (Å²) in [5, 5.41) is 3.96. The lowest BCUT2D eigenvalue weighted by molar-refractivity contribution is -0.120. The van der Waals surface area contributed by atoms with Gasteiger partial charge in [-0.05, 0) is 27.7 Å². The summed E-state index contributed by atoms with van der Waals surface area (Å²) in [7, 11) is 0. The number of ether oxygens (including phenoxy) is 1. The van der Waals surface area contributed by atoms with E-state index in [2.05, 4.69) is 15.2 Å². The summed E-state index contributed by atoms with van der Waals surface area (Å²) < 4.78 is 5.43. The van der Waals surface area contributed by atoms with Crippen molar-refractivity contribution in [3.63, 3.8) is 0 Å². The third-order valence-corrected chi connectivity index (χ3v) is 6.22. The van der Waals surface area contributed by atoms with Gasteiger partial charge in [0.05, 0.1) is 12.1 Å². The van der Waals surface area contributed by atoms with Crippen molar-refractivity contribution in [2.75, 3.05) is 39.3 Å². The van der Waals surface area contributed by atoms with Crippen LogP contribution >= 0.6 is 11.3 Å². The highest BCUT2D eigenvalue weighted by Gasteiger charge is 2.25. The van der Waals surface area contributed by atoms with Gasteiger partial charge in [-0.1, -0.05) is 30.3 Å². The molecule has 1 aromatic heterocycles. The smallest absolute Gasteiger partial charge is 0.410 e. The van der Waals surface area contributed by atoms with E-state index >= 15 is 0 Å². The quantitative estimate of drug-likeness (QED) is 0.740. The molecular weight excluding hydrogens is 412 g/mol. The molecule has 2 amide bonds. The van der Waals surface area contributed by atoms with Gasteiger partial charge in [-0.3, -0.25) is 9.69 Å². The minimum absolute atomic E-state index is 0.0127. The molecule has 2 aromatic rings. The van der Waals surface area contributed by atoms with Crippen molar-refractivity contribution >= 4 is 23.3 Å². The number of rotatable bonds is 6. The molecule has 1 aliphatic rings. The molecule has 1 fully saturated rings. The summed E-state index contributed by atoms with van der Waals surface area (Å²) in [5.41, 5.74) is 1.52. The monoisotopic (exact) mass is 444 g/mol. The molecule has 0 unspecified atom stereocenters. The van der Waals surface area contributed by atoms with Crippen molar-refractivity contribution in [1.29, 1.82) is 0 Å². The molecule has 1 aromatic carbocycles. The van der Waals surface area contributed by atoms with E-state index < -0.39 is 5.60 Å². The number of hydrogen-bond donors (Lipinski definition) is 1. The van der Waals surface area contributed by atoms with Crippen LogP contribution in [0.4, 0.5) is 4.79 Å². The minimum Gasteiger partial charge on any atom is -0.444 e. The van der Waals surface area contributed by atoms with Crippen LogP contribution in [0.25, 0.3) is 10.6 Å². The first-order chi connectivity index (χ1) is 14.7. The van der Waals surface area contributed by atoms with Crippen LogP contribution in [0.3, 0.4) is 0 Å². The largest absolute Gasteiger partial charge is 0.444 e. The zero-order valence-corrected chi connectivity index (χ0v) is 19.6. The molecule has 1 N–H and O–H groups in total. The summed E-state index contributed by atoms with van der Waals surface area (Å²) in [5.74, 6) is 0.0127. The Morgan fingerprint density at radius 2 is 1.81 bits per heavy atom. The molecular formula is C23H32N4O3S. The number of benzene rings is 1. The summed E-state index contributed by atoms with van der Waals surface area (Å²) >= 11 is 1.58. The molecule has 0 saturated carbocycles. The second-order valence-corrected chi connectivity index (χ2v) is 9.81. The molecule has 0 atom stereocenters. The Morgan fingerprint density at radius 1 is 1.13 bits per heavy atom. The number of piperazine rings is 1. The molecule has 0 aliphatic carbocycles. The van der Waals surface area contributed by atoms with Crippen LogP contribution in [-0.4, -0.2) is 71.7 Å². The number of carbonyl (C=O) groups excluding carboxylic acids is 2. The van der Waals surface area contributed by atoms with Crippen molar-refractivity contribution in [2.24, 2.45) is 0 Å². The SMILES string of the molecule is Cc1nc(-c2ccccc2)sc1CC(=O)NCCN1CCN(C(=O)OC(C)(C)C)CC1. The molecule has 0 spiro atoms. The first kappa shape index (κ1) is 23.2. The van der Waals surface area contributed by atoms with Crippen molar-refractivity contribution in [3.05, 3.63) is 40.9 Å². The molecule has 0 radical (unpaired) electrons. The zero-order valence-electron chi connectivity index (χ0n) is 18.8. The van der Waals surface area contributed by atoms with Gasteiger partial charge in [0.15, 0.2) is 0 Å². The fourth-order valence-corrected chi connectivity index (χ4v) is 4.41. The van der Waals surface area contributed by atoms with Gasteiger partial charge >= 0.3 is 6.09 Å². The lowest BCUT2D eigenvalue weighted by Gasteiger charge is -2.35. The van der Waals surface area contributed by atoms with E-state index in [0.29, 0.717) is 26.1 Å². The standard InChI is InChI=1S/C23H32N4O3S/c1-17-19(31-21(25-17)18-8-6-5-7-9-18)16-20(28)24-10-11-26-12-14-27(15-13-26)22(29)30-23(2,3)4/h5-9H,10-16H2,1-4H3,(H,24,28). The highest BCUT2D eigenvalue weighted by Crippen LogP contribution is 2.28. The van der Waals surface area contributed by atoms with Crippen molar-refractivity contribution < 1.29 is 14.3 Å². The van der Waals surface area contributed by atoms with E-state index in [4.69, 9.17) is 4.74 Å². The summed E-state index contributed by atoms with van der Waals surface area (Å²) in [6, 6.07) is 10.0. The minimum atomic E-state index is -0.475. The molecule has 1 saturated heterocycles. The summed E-state index contributed by atoms with van der Waals surface area (Å²) in [4.78, 5) is 34.2. The zero-order chi connectivity index (χ0) is 22.4. The average molecular weight is 445 g/mol. The van der Waals surface area contributed by atoms with Crippen molar-refractivity contribution in [2.45, 2.75) is 39.7 Å². The second kappa shape index (κ2) is 10.2. The van der Waals surface area contributed by atoms with Crippen LogP contribution in [0.1, 0.15) is 31.3 Å². The summed E-state index contributed by atoms with van der Waals surface area (Å²) in [6.45, 7) is 11.8.